The number of nitrogens with one attached hydrogen (secondary N) is 1. The van der Waals surface area contributed by atoms with Crippen LogP contribution in [0, 0.1) is 0 Å². The normalized spacial score (nSPS) is 17.4. The summed E-state index contributed by atoms with van der Waals surface area (Å²) in [7, 11) is 0. The fourth-order valence-electron chi connectivity index (χ4n) is 5.09. The molecule has 3 heterocycles. The molecule has 0 radical (unpaired) electrons. The van der Waals surface area contributed by atoms with E-state index in [0.29, 0.717) is 20.7 Å². The molecule has 45 heavy (non-hydrogen) atoms. The molecule has 9 nitrogen and oxygen atoms in total. The molecule has 228 valence electrons. The summed E-state index contributed by atoms with van der Waals surface area (Å²) in [5.74, 6) is -1.99. The van der Waals surface area contributed by atoms with Crippen molar-refractivity contribution >= 4 is 58.6 Å². The van der Waals surface area contributed by atoms with Crippen LogP contribution in [-0.2, 0) is 36.8 Å². The van der Waals surface area contributed by atoms with Gasteiger partial charge in [0.25, 0.3) is 5.91 Å². The van der Waals surface area contributed by atoms with E-state index in [1.165, 1.54) is 39.8 Å². The van der Waals surface area contributed by atoms with E-state index in [1.54, 1.807) is 5.38 Å². The number of nitrogens with zero attached hydrogens (tertiary/aromatic N) is 2. The number of hydrogen-bond donors (Lipinski definition) is 2. The summed E-state index contributed by atoms with van der Waals surface area (Å²) in [5, 5.41) is 13.2. The van der Waals surface area contributed by atoms with Crippen molar-refractivity contribution in [2.75, 3.05) is 5.75 Å². The van der Waals surface area contributed by atoms with Crippen molar-refractivity contribution in [1.29, 1.82) is 0 Å². The third-order valence-corrected chi connectivity index (χ3v) is 10.7. The number of carboxylic acid groups (broad SMARTS) is 1. The number of ether oxygens (including phenoxy) is 1. The van der Waals surface area contributed by atoms with Crippen LogP contribution in [0.25, 0.3) is 0 Å². The number of β-lactam (4-membered cyclic amide) rings is 1. The summed E-state index contributed by atoms with van der Waals surface area (Å²) in [6, 6.07) is 27.2. The first-order valence-corrected chi connectivity index (χ1v) is 16.8. The quantitative estimate of drug-likeness (QED) is 0.168. The van der Waals surface area contributed by atoms with Crippen LogP contribution >= 0.6 is 34.9 Å². The molecular weight excluding hydrogens is 631 g/mol. The van der Waals surface area contributed by atoms with Crippen molar-refractivity contribution in [3.8, 4) is 0 Å². The van der Waals surface area contributed by atoms with Crippen molar-refractivity contribution in [2.24, 2.45) is 0 Å². The molecule has 2 aliphatic rings. The Labute approximate surface area is 271 Å². The maximum atomic E-state index is 14.1. The number of aromatic nitrogens is 1. The number of fused-ring (bicyclic) bond motifs is 1. The lowest BCUT2D eigenvalue weighted by molar-refractivity contribution is -0.154. The highest BCUT2D eigenvalue weighted by atomic mass is 32.2. The van der Waals surface area contributed by atoms with E-state index >= 15 is 0 Å². The Morgan fingerprint density at radius 2 is 1.58 bits per heavy atom. The van der Waals surface area contributed by atoms with Gasteiger partial charge in [-0.05, 0) is 16.7 Å². The SMILES string of the molecule is O=C(O)Cc1csc(SC2=C(C(=O)OC(c3ccccc3)c3ccccc3)N3C(=O)[C@@H](NC(=O)Cc4ccccc4)[C@@H]3SC2)n1. The molecule has 0 unspecified atom stereocenters. The summed E-state index contributed by atoms with van der Waals surface area (Å²) in [5.41, 5.74) is 2.89. The molecule has 2 aliphatic heterocycles. The predicted octanol–water partition coefficient (Wildman–Crippen LogP) is 5.05. The van der Waals surface area contributed by atoms with E-state index in [0.717, 1.165) is 16.7 Å². The fraction of sp³-hybridized carbons (Fsp3) is 0.182. The van der Waals surface area contributed by atoms with Gasteiger partial charge in [-0.3, -0.25) is 19.3 Å². The van der Waals surface area contributed by atoms with Gasteiger partial charge in [0.1, 0.15) is 17.1 Å². The summed E-state index contributed by atoms with van der Waals surface area (Å²) < 4.78 is 6.74. The van der Waals surface area contributed by atoms with E-state index in [4.69, 9.17) is 9.84 Å². The molecule has 12 heteroatoms. The molecule has 1 fully saturated rings. The molecule has 0 bridgehead atoms. The molecule has 2 N–H and O–H groups in total. The number of carbonyl (C=O) groups excluding carboxylic acids is 3. The van der Waals surface area contributed by atoms with Gasteiger partial charge in [0.2, 0.25) is 5.91 Å². The smallest absolute Gasteiger partial charge is 0.356 e. The first kappa shape index (κ1) is 30.6. The molecule has 0 spiro atoms. The average Bonchev–Trinajstić information content (AvgIpc) is 3.49. The Morgan fingerprint density at radius 1 is 0.956 bits per heavy atom. The summed E-state index contributed by atoms with van der Waals surface area (Å²) in [6.07, 6.45) is -0.814. The van der Waals surface area contributed by atoms with Crippen molar-refractivity contribution in [3.05, 3.63) is 129 Å². The van der Waals surface area contributed by atoms with E-state index in [9.17, 15) is 19.2 Å². The Balaban J connectivity index is 1.29. The number of thiazole rings is 1. The van der Waals surface area contributed by atoms with Gasteiger partial charge in [-0.25, -0.2) is 9.78 Å². The molecule has 6 rings (SSSR count). The molecular formula is C33H27N3O6S3. The maximum absolute atomic E-state index is 14.1. The molecule has 2 amide bonds. The standard InChI is InChI=1S/C33H27N3O6S3/c37-25(16-20-10-4-1-5-11-20)35-27-30(40)36-28(24(19-43-31(27)36)45-33-34-23(18-44-33)17-26(38)39)32(41)42-29(21-12-6-2-7-13-21)22-14-8-3-9-15-22/h1-15,18,27,29,31H,16-17,19H2,(H,35,37)(H,38,39)/t27-,31+/m1/s1. The lowest BCUT2D eigenvalue weighted by atomic mass is 10.0. The van der Waals surface area contributed by atoms with Gasteiger partial charge >= 0.3 is 11.9 Å². The minimum atomic E-state index is -0.990. The minimum Gasteiger partial charge on any atom is -0.481 e. The lowest BCUT2D eigenvalue weighted by Gasteiger charge is -2.49. The molecule has 2 atom stereocenters. The molecule has 0 aliphatic carbocycles. The second-order valence-electron chi connectivity index (χ2n) is 10.3. The van der Waals surface area contributed by atoms with Crippen LogP contribution in [0.2, 0.25) is 0 Å². The van der Waals surface area contributed by atoms with Crippen molar-refractivity contribution in [2.45, 2.75) is 34.7 Å². The summed E-state index contributed by atoms with van der Waals surface area (Å²) in [6.45, 7) is 0. The largest absolute Gasteiger partial charge is 0.481 e. The zero-order valence-corrected chi connectivity index (χ0v) is 26.1. The molecule has 3 aromatic carbocycles. The highest BCUT2D eigenvalue weighted by molar-refractivity contribution is 8.07. The Morgan fingerprint density at radius 3 is 2.20 bits per heavy atom. The van der Waals surface area contributed by atoms with Gasteiger partial charge in [0.05, 0.1) is 18.5 Å². The van der Waals surface area contributed by atoms with Crippen LogP contribution in [0.3, 0.4) is 0 Å². The topological polar surface area (TPSA) is 126 Å². The van der Waals surface area contributed by atoms with Crippen LogP contribution in [-0.4, -0.2) is 55.9 Å². The van der Waals surface area contributed by atoms with Crippen molar-refractivity contribution < 1.29 is 29.0 Å². The zero-order chi connectivity index (χ0) is 31.3. The second kappa shape index (κ2) is 13.7. The zero-order valence-electron chi connectivity index (χ0n) is 23.7. The minimum absolute atomic E-state index is 0.106. The number of rotatable bonds is 11. The highest BCUT2D eigenvalue weighted by Gasteiger charge is 2.55. The molecule has 0 saturated carbocycles. The Kier molecular flexibility index (Phi) is 9.34. The van der Waals surface area contributed by atoms with Gasteiger partial charge in [-0.2, -0.15) is 0 Å². The first-order valence-electron chi connectivity index (χ1n) is 14.0. The van der Waals surface area contributed by atoms with Gasteiger partial charge in [0.15, 0.2) is 10.4 Å². The number of hydrogen-bond acceptors (Lipinski definition) is 9. The van der Waals surface area contributed by atoms with Gasteiger partial charge in [0, 0.05) is 16.0 Å². The van der Waals surface area contributed by atoms with Gasteiger partial charge < -0.3 is 15.2 Å². The van der Waals surface area contributed by atoms with Crippen LogP contribution < -0.4 is 5.32 Å². The lowest BCUT2D eigenvalue weighted by Crippen LogP contribution is -2.70. The van der Waals surface area contributed by atoms with E-state index < -0.39 is 35.4 Å². The third kappa shape index (κ3) is 6.98. The Bertz CT molecular complexity index is 1710. The van der Waals surface area contributed by atoms with Crippen LogP contribution in [0.1, 0.15) is 28.5 Å². The summed E-state index contributed by atoms with van der Waals surface area (Å²) >= 11 is 3.92. The average molecular weight is 658 g/mol. The number of esters is 1. The summed E-state index contributed by atoms with van der Waals surface area (Å²) in [4.78, 5) is 58.2. The third-order valence-electron chi connectivity index (χ3n) is 7.15. The second-order valence-corrected chi connectivity index (χ2v) is 13.6. The number of carbonyl (C=O) groups is 4. The number of amides is 2. The predicted molar refractivity (Wildman–Crippen MR) is 172 cm³/mol. The van der Waals surface area contributed by atoms with Crippen LogP contribution in [0.15, 0.2) is 111 Å². The van der Waals surface area contributed by atoms with Crippen LogP contribution in [0.4, 0.5) is 0 Å². The first-order chi connectivity index (χ1) is 21.9. The van der Waals surface area contributed by atoms with Crippen molar-refractivity contribution in [3.63, 3.8) is 0 Å². The number of thioether (sulfide) groups is 2. The maximum Gasteiger partial charge on any atom is 0.356 e. The number of carboxylic acids is 1. The van der Waals surface area contributed by atoms with E-state index in [-0.39, 0.29) is 24.4 Å². The molecule has 4 aromatic rings. The monoisotopic (exact) mass is 657 g/mol. The molecule has 1 aromatic heterocycles. The van der Waals surface area contributed by atoms with E-state index in [2.05, 4.69) is 10.3 Å². The van der Waals surface area contributed by atoms with Crippen LogP contribution in [0.5, 0.6) is 0 Å². The van der Waals surface area contributed by atoms with E-state index in [1.807, 2.05) is 91.0 Å². The Hall–Kier alpha value is -4.39. The molecule has 1 saturated heterocycles. The highest BCUT2D eigenvalue weighted by Crippen LogP contribution is 2.46. The van der Waals surface area contributed by atoms with Crippen molar-refractivity contribution in [1.82, 2.24) is 15.2 Å². The number of aliphatic carboxylic acids is 1. The fourth-order valence-corrected chi connectivity index (χ4v) is 8.56. The van der Waals surface area contributed by atoms with Gasteiger partial charge in [-0.1, -0.05) is 103 Å². The van der Waals surface area contributed by atoms with Gasteiger partial charge in [-0.15, -0.1) is 23.1 Å². The number of benzene rings is 3.